The van der Waals surface area contributed by atoms with Gasteiger partial charge in [0, 0.05) is 0 Å². The van der Waals surface area contributed by atoms with Crippen molar-refractivity contribution < 1.29 is 13.6 Å². The molecule has 0 unspecified atom stereocenters. The molecule has 0 spiro atoms. The highest BCUT2D eigenvalue weighted by atomic mass is 19.3. The number of carbonyl (C=O) groups is 1. The monoisotopic (exact) mass is 186 g/mol. The largest absolute Gasteiger partial charge is 0.369 e. The van der Waals surface area contributed by atoms with Crippen molar-refractivity contribution in [2.75, 3.05) is 0 Å². The fraction of sp³-hybridized carbons (Fsp3) is 0.250. The smallest absolute Gasteiger partial charge is 0.280 e. The molecular weight excluding hydrogens is 178 g/mol. The van der Waals surface area contributed by atoms with E-state index in [2.05, 4.69) is 4.98 Å². The fourth-order valence-electron chi connectivity index (χ4n) is 0.897. The van der Waals surface area contributed by atoms with E-state index in [9.17, 15) is 13.6 Å². The molecule has 1 aromatic rings. The van der Waals surface area contributed by atoms with Crippen LogP contribution < -0.4 is 5.73 Å². The first kappa shape index (κ1) is 9.57. The lowest BCUT2D eigenvalue weighted by Gasteiger charge is -2.00. The fourth-order valence-corrected chi connectivity index (χ4v) is 0.897. The third-order valence-electron chi connectivity index (χ3n) is 1.41. The van der Waals surface area contributed by atoms with Gasteiger partial charge < -0.3 is 5.73 Å². The van der Waals surface area contributed by atoms with Crippen LogP contribution in [0.5, 0.6) is 0 Å². The molecule has 0 aliphatic heterocycles. The Morgan fingerprint density at radius 2 is 2.23 bits per heavy atom. The number of primary amides is 1. The van der Waals surface area contributed by atoms with E-state index in [-0.39, 0.29) is 17.8 Å². The SMILES string of the molecule is NC(=O)Cc1cccc(C(F)F)n1. The zero-order valence-electron chi connectivity index (χ0n) is 6.71. The van der Waals surface area contributed by atoms with Gasteiger partial charge in [-0.05, 0) is 12.1 Å². The summed E-state index contributed by atoms with van der Waals surface area (Å²) in [6, 6.07) is 4.11. The summed E-state index contributed by atoms with van der Waals surface area (Å²) in [5.74, 6) is -0.584. The number of hydrogen-bond acceptors (Lipinski definition) is 2. The topological polar surface area (TPSA) is 56.0 Å². The molecule has 0 bridgehead atoms. The molecule has 0 radical (unpaired) electrons. The van der Waals surface area contributed by atoms with E-state index in [0.717, 1.165) is 0 Å². The van der Waals surface area contributed by atoms with Crippen LogP contribution in [0.1, 0.15) is 17.8 Å². The molecule has 3 nitrogen and oxygen atoms in total. The molecule has 0 aromatic carbocycles. The number of halogens is 2. The molecule has 1 heterocycles. The number of amides is 1. The minimum atomic E-state index is -2.62. The summed E-state index contributed by atoms with van der Waals surface area (Å²) in [7, 11) is 0. The van der Waals surface area contributed by atoms with Crippen LogP contribution in [0.3, 0.4) is 0 Å². The molecule has 0 aliphatic rings. The molecule has 0 saturated heterocycles. The molecule has 0 saturated carbocycles. The maximum Gasteiger partial charge on any atom is 0.280 e. The second kappa shape index (κ2) is 3.93. The molecule has 1 aromatic heterocycles. The number of aromatic nitrogens is 1. The number of nitrogens with zero attached hydrogens (tertiary/aromatic N) is 1. The zero-order chi connectivity index (χ0) is 9.84. The van der Waals surface area contributed by atoms with E-state index in [1.165, 1.54) is 18.2 Å². The molecule has 13 heavy (non-hydrogen) atoms. The Balaban J connectivity index is 2.85. The van der Waals surface area contributed by atoms with Gasteiger partial charge in [0.15, 0.2) is 0 Å². The minimum Gasteiger partial charge on any atom is -0.369 e. The van der Waals surface area contributed by atoms with Crippen LogP contribution in [-0.2, 0) is 11.2 Å². The first-order valence-corrected chi connectivity index (χ1v) is 3.62. The third kappa shape index (κ3) is 2.77. The van der Waals surface area contributed by atoms with Gasteiger partial charge in [-0.1, -0.05) is 6.07 Å². The van der Waals surface area contributed by atoms with Crippen molar-refractivity contribution in [3.63, 3.8) is 0 Å². The van der Waals surface area contributed by atoms with Crippen LogP contribution in [-0.4, -0.2) is 10.9 Å². The third-order valence-corrected chi connectivity index (χ3v) is 1.41. The summed E-state index contributed by atoms with van der Waals surface area (Å²) < 4.78 is 24.2. The predicted octanol–water partition coefficient (Wildman–Crippen LogP) is 1.05. The second-order valence-corrected chi connectivity index (χ2v) is 2.50. The average Bonchev–Trinajstić information content (AvgIpc) is 2.03. The Kier molecular flexibility index (Phi) is 2.89. The molecule has 70 valence electrons. The van der Waals surface area contributed by atoms with E-state index in [0.29, 0.717) is 0 Å². The minimum absolute atomic E-state index is 0.111. The highest BCUT2D eigenvalue weighted by molar-refractivity contribution is 5.76. The summed E-state index contributed by atoms with van der Waals surface area (Å²) in [4.78, 5) is 14.0. The maximum atomic E-state index is 12.1. The van der Waals surface area contributed by atoms with Gasteiger partial charge in [-0.3, -0.25) is 9.78 Å². The molecule has 2 N–H and O–H groups in total. The van der Waals surface area contributed by atoms with Gasteiger partial charge in [0.25, 0.3) is 6.43 Å². The summed E-state index contributed by atoms with van der Waals surface area (Å²) in [5, 5.41) is 0. The van der Waals surface area contributed by atoms with E-state index < -0.39 is 12.3 Å². The van der Waals surface area contributed by atoms with Gasteiger partial charge in [-0.15, -0.1) is 0 Å². The van der Waals surface area contributed by atoms with Crippen molar-refractivity contribution in [2.24, 2.45) is 5.73 Å². The van der Waals surface area contributed by atoms with Crippen molar-refractivity contribution in [3.05, 3.63) is 29.6 Å². The van der Waals surface area contributed by atoms with Gasteiger partial charge in [-0.2, -0.15) is 0 Å². The van der Waals surface area contributed by atoms with Crippen molar-refractivity contribution in [2.45, 2.75) is 12.8 Å². The van der Waals surface area contributed by atoms with E-state index >= 15 is 0 Å². The summed E-state index contributed by atoms with van der Waals surface area (Å²) in [5.41, 5.74) is 4.82. The average molecular weight is 186 g/mol. The predicted molar refractivity (Wildman–Crippen MR) is 42.1 cm³/mol. The molecule has 5 heteroatoms. The van der Waals surface area contributed by atoms with Gasteiger partial charge in [0.05, 0.1) is 12.1 Å². The maximum absolute atomic E-state index is 12.1. The number of hydrogen-bond donors (Lipinski definition) is 1. The normalized spacial score (nSPS) is 10.4. The summed E-state index contributed by atoms with van der Waals surface area (Å²) in [6.45, 7) is 0. The van der Waals surface area contributed by atoms with Gasteiger partial charge >= 0.3 is 0 Å². The second-order valence-electron chi connectivity index (χ2n) is 2.50. The van der Waals surface area contributed by atoms with E-state index in [1.54, 1.807) is 0 Å². The van der Waals surface area contributed by atoms with Crippen molar-refractivity contribution in [1.82, 2.24) is 4.98 Å². The Morgan fingerprint density at radius 3 is 2.77 bits per heavy atom. The number of alkyl halides is 2. The zero-order valence-corrected chi connectivity index (χ0v) is 6.71. The number of nitrogens with two attached hydrogens (primary N) is 1. The van der Waals surface area contributed by atoms with Crippen molar-refractivity contribution >= 4 is 5.91 Å². The molecular formula is C8H8F2N2O. The summed E-state index contributed by atoms with van der Waals surface area (Å²) >= 11 is 0. The van der Waals surface area contributed by atoms with E-state index in [4.69, 9.17) is 5.73 Å². The van der Waals surface area contributed by atoms with E-state index in [1.807, 2.05) is 0 Å². The van der Waals surface area contributed by atoms with Crippen molar-refractivity contribution in [1.29, 1.82) is 0 Å². The van der Waals surface area contributed by atoms with Gasteiger partial charge in [0.1, 0.15) is 5.69 Å². The Labute approximate surface area is 73.6 Å². The molecule has 1 rings (SSSR count). The Hall–Kier alpha value is -1.52. The van der Waals surface area contributed by atoms with Gasteiger partial charge in [-0.25, -0.2) is 8.78 Å². The summed E-state index contributed by atoms with van der Waals surface area (Å²) in [6.07, 6.45) is -2.73. The molecule has 1 amide bonds. The lowest BCUT2D eigenvalue weighted by molar-refractivity contribution is -0.117. The number of rotatable bonds is 3. The molecule has 0 fully saturated rings. The van der Waals surface area contributed by atoms with Crippen LogP contribution in [0, 0.1) is 0 Å². The Morgan fingerprint density at radius 1 is 1.54 bits per heavy atom. The first-order chi connectivity index (χ1) is 6.09. The standard InChI is InChI=1S/C8H8F2N2O/c9-8(10)6-3-1-2-5(12-6)4-7(11)13/h1-3,8H,4H2,(H2,11,13). The number of carbonyl (C=O) groups excluding carboxylic acids is 1. The number of pyridine rings is 1. The van der Waals surface area contributed by atoms with Crippen molar-refractivity contribution in [3.8, 4) is 0 Å². The highest BCUT2D eigenvalue weighted by Gasteiger charge is 2.09. The quantitative estimate of drug-likeness (QED) is 0.766. The van der Waals surface area contributed by atoms with Crippen LogP contribution in [0.15, 0.2) is 18.2 Å². The first-order valence-electron chi connectivity index (χ1n) is 3.62. The van der Waals surface area contributed by atoms with Crippen LogP contribution in [0.25, 0.3) is 0 Å². The Bertz CT molecular complexity index is 315. The lowest BCUT2D eigenvalue weighted by Crippen LogP contribution is -2.14. The van der Waals surface area contributed by atoms with Crippen LogP contribution in [0.2, 0.25) is 0 Å². The van der Waals surface area contributed by atoms with Crippen LogP contribution >= 0.6 is 0 Å². The lowest BCUT2D eigenvalue weighted by atomic mass is 10.2. The molecule has 0 aliphatic carbocycles. The van der Waals surface area contributed by atoms with Gasteiger partial charge in [0.2, 0.25) is 5.91 Å². The highest BCUT2D eigenvalue weighted by Crippen LogP contribution is 2.15. The molecule has 0 atom stereocenters. The van der Waals surface area contributed by atoms with Crippen LogP contribution in [0.4, 0.5) is 8.78 Å².